The number of hydrogen-bond donors (Lipinski definition) is 1. The minimum Gasteiger partial charge on any atom is -0.481 e. The Hall–Kier alpha value is -1.27. The standard InChI is InChI=1S/C15H20N2O2S2/c1-4-11-8-16-15(21-9-13(18)19)17(11)14(10(2)3)12-6-5-7-20-12/h5-8,10,14H,4,9H2,1-3H3,(H,18,19). The molecular formula is C15H20N2O2S2. The number of imidazole rings is 1. The number of carbonyl (C=O) groups is 1. The molecule has 6 heteroatoms. The third kappa shape index (κ3) is 3.68. The van der Waals surface area contributed by atoms with Crippen molar-refractivity contribution in [3.05, 3.63) is 34.3 Å². The summed E-state index contributed by atoms with van der Waals surface area (Å²) in [6.07, 6.45) is 2.75. The molecule has 0 bridgehead atoms. The smallest absolute Gasteiger partial charge is 0.313 e. The van der Waals surface area contributed by atoms with Gasteiger partial charge in [0.15, 0.2) is 5.16 Å². The van der Waals surface area contributed by atoms with Crippen LogP contribution in [0.3, 0.4) is 0 Å². The molecule has 2 rings (SSSR count). The molecular weight excluding hydrogens is 304 g/mol. The van der Waals surface area contributed by atoms with Crippen LogP contribution in [0.1, 0.15) is 37.4 Å². The lowest BCUT2D eigenvalue weighted by Gasteiger charge is -2.25. The van der Waals surface area contributed by atoms with Gasteiger partial charge in [-0.05, 0) is 23.8 Å². The lowest BCUT2D eigenvalue weighted by molar-refractivity contribution is -0.133. The third-order valence-corrected chi connectivity index (χ3v) is 5.17. The average Bonchev–Trinajstić information content (AvgIpc) is 3.06. The van der Waals surface area contributed by atoms with Crippen LogP contribution in [-0.2, 0) is 11.2 Å². The van der Waals surface area contributed by atoms with Crippen molar-refractivity contribution < 1.29 is 9.90 Å². The van der Waals surface area contributed by atoms with Crippen molar-refractivity contribution in [1.29, 1.82) is 0 Å². The van der Waals surface area contributed by atoms with Gasteiger partial charge >= 0.3 is 5.97 Å². The monoisotopic (exact) mass is 324 g/mol. The van der Waals surface area contributed by atoms with Crippen LogP contribution in [0.15, 0.2) is 28.9 Å². The maximum atomic E-state index is 10.8. The lowest BCUT2D eigenvalue weighted by atomic mass is 10.0. The molecule has 0 saturated carbocycles. The molecule has 0 spiro atoms. The second-order valence-electron chi connectivity index (χ2n) is 5.14. The van der Waals surface area contributed by atoms with Crippen LogP contribution in [0, 0.1) is 5.92 Å². The number of aliphatic carboxylic acids is 1. The summed E-state index contributed by atoms with van der Waals surface area (Å²) in [7, 11) is 0. The van der Waals surface area contributed by atoms with Crippen LogP contribution in [-0.4, -0.2) is 26.4 Å². The normalized spacial score (nSPS) is 12.8. The van der Waals surface area contributed by atoms with E-state index in [0.29, 0.717) is 5.92 Å². The number of rotatable bonds is 7. The van der Waals surface area contributed by atoms with E-state index in [9.17, 15) is 4.79 Å². The van der Waals surface area contributed by atoms with Crippen molar-refractivity contribution in [1.82, 2.24) is 9.55 Å². The van der Waals surface area contributed by atoms with E-state index in [1.165, 1.54) is 16.6 Å². The first-order chi connectivity index (χ1) is 10.0. The van der Waals surface area contributed by atoms with E-state index in [-0.39, 0.29) is 11.8 Å². The maximum absolute atomic E-state index is 10.8. The molecule has 0 radical (unpaired) electrons. The van der Waals surface area contributed by atoms with E-state index < -0.39 is 5.97 Å². The molecule has 0 aliphatic heterocycles. The van der Waals surface area contributed by atoms with E-state index >= 15 is 0 Å². The summed E-state index contributed by atoms with van der Waals surface area (Å²) in [5.41, 5.74) is 1.15. The molecule has 2 heterocycles. The fourth-order valence-corrected chi connectivity index (χ4v) is 4.12. The van der Waals surface area contributed by atoms with Gasteiger partial charge in [-0.1, -0.05) is 38.6 Å². The highest BCUT2D eigenvalue weighted by Crippen LogP contribution is 2.35. The Morgan fingerprint density at radius 3 is 2.81 bits per heavy atom. The van der Waals surface area contributed by atoms with Crippen LogP contribution < -0.4 is 0 Å². The first kappa shape index (κ1) is 16.1. The Kier molecular flexibility index (Phi) is 5.47. The SMILES string of the molecule is CCc1cnc(SCC(=O)O)n1C(c1cccs1)C(C)C. The highest BCUT2D eigenvalue weighted by molar-refractivity contribution is 7.99. The Morgan fingerprint density at radius 1 is 1.52 bits per heavy atom. The number of thioether (sulfide) groups is 1. The molecule has 0 amide bonds. The van der Waals surface area contributed by atoms with Gasteiger partial charge in [0.05, 0.1) is 11.8 Å². The number of carboxylic acid groups (broad SMARTS) is 1. The van der Waals surface area contributed by atoms with E-state index in [2.05, 4.69) is 47.8 Å². The van der Waals surface area contributed by atoms with Crippen molar-refractivity contribution in [2.75, 3.05) is 5.75 Å². The van der Waals surface area contributed by atoms with E-state index in [4.69, 9.17) is 5.11 Å². The van der Waals surface area contributed by atoms with E-state index in [1.807, 2.05) is 6.20 Å². The first-order valence-corrected chi connectivity index (χ1v) is 8.85. The van der Waals surface area contributed by atoms with Crippen molar-refractivity contribution in [2.24, 2.45) is 5.92 Å². The predicted molar refractivity (Wildman–Crippen MR) is 87.3 cm³/mol. The molecule has 0 aromatic carbocycles. The number of thiophene rings is 1. The Balaban J connectivity index is 2.42. The van der Waals surface area contributed by atoms with Gasteiger partial charge in [0.1, 0.15) is 0 Å². The van der Waals surface area contributed by atoms with Crippen LogP contribution in [0.5, 0.6) is 0 Å². The van der Waals surface area contributed by atoms with Crippen molar-refractivity contribution >= 4 is 29.1 Å². The zero-order valence-electron chi connectivity index (χ0n) is 12.4. The quantitative estimate of drug-likeness (QED) is 0.784. The van der Waals surface area contributed by atoms with Gasteiger partial charge in [0.25, 0.3) is 0 Å². The van der Waals surface area contributed by atoms with Crippen molar-refractivity contribution in [3.63, 3.8) is 0 Å². The molecule has 114 valence electrons. The van der Waals surface area contributed by atoms with Crippen LogP contribution >= 0.6 is 23.1 Å². The fourth-order valence-electron chi connectivity index (χ4n) is 2.38. The van der Waals surface area contributed by atoms with Gasteiger partial charge < -0.3 is 9.67 Å². The molecule has 21 heavy (non-hydrogen) atoms. The fraction of sp³-hybridized carbons (Fsp3) is 0.467. The molecule has 1 unspecified atom stereocenters. The van der Waals surface area contributed by atoms with Gasteiger partial charge in [-0.15, -0.1) is 11.3 Å². The molecule has 1 N–H and O–H groups in total. The molecule has 0 aliphatic rings. The second-order valence-corrected chi connectivity index (χ2v) is 7.06. The highest BCUT2D eigenvalue weighted by atomic mass is 32.2. The Bertz CT molecular complexity index is 591. The number of nitrogens with zero attached hydrogens (tertiary/aromatic N) is 2. The lowest BCUT2D eigenvalue weighted by Crippen LogP contribution is -2.19. The van der Waals surface area contributed by atoms with Gasteiger partial charge in [-0.25, -0.2) is 4.98 Å². The molecule has 0 aliphatic carbocycles. The van der Waals surface area contributed by atoms with E-state index in [0.717, 1.165) is 17.3 Å². The minimum atomic E-state index is -0.815. The molecule has 1 atom stereocenters. The number of hydrogen-bond acceptors (Lipinski definition) is 4. The summed E-state index contributed by atoms with van der Waals surface area (Å²) in [6, 6.07) is 4.40. The summed E-state index contributed by atoms with van der Waals surface area (Å²) >= 11 is 3.03. The predicted octanol–water partition coefficient (Wildman–Crippen LogP) is 3.93. The minimum absolute atomic E-state index is 0.0371. The summed E-state index contributed by atoms with van der Waals surface area (Å²) in [5.74, 6) is -0.368. The number of carboxylic acids is 1. The molecule has 2 aromatic heterocycles. The third-order valence-electron chi connectivity index (χ3n) is 3.27. The summed E-state index contributed by atoms with van der Waals surface area (Å²) in [5, 5.41) is 11.8. The molecule has 0 saturated heterocycles. The van der Waals surface area contributed by atoms with E-state index in [1.54, 1.807) is 11.3 Å². The highest BCUT2D eigenvalue weighted by Gasteiger charge is 2.24. The topological polar surface area (TPSA) is 55.1 Å². The molecule has 4 nitrogen and oxygen atoms in total. The summed E-state index contributed by atoms with van der Waals surface area (Å²) < 4.78 is 2.21. The zero-order chi connectivity index (χ0) is 15.4. The number of aryl methyl sites for hydroxylation is 1. The largest absolute Gasteiger partial charge is 0.481 e. The maximum Gasteiger partial charge on any atom is 0.313 e. The molecule has 0 fully saturated rings. The average molecular weight is 324 g/mol. The summed E-state index contributed by atoms with van der Waals surface area (Å²) in [6.45, 7) is 6.48. The van der Waals surface area contributed by atoms with Gasteiger partial charge in [0, 0.05) is 16.8 Å². The van der Waals surface area contributed by atoms with Crippen molar-refractivity contribution in [2.45, 2.75) is 38.4 Å². The van der Waals surface area contributed by atoms with Crippen LogP contribution in [0.25, 0.3) is 0 Å². The van der Waals surface area contributed by atoms with Crippen LogP contribution in [0.2, 0.25) is 0 Å². The van der Waals surface area contributed by atoms with Gasteiger partial charge in [-0.3, -0.25) is 4.79 Å². The molecule has 2 aromatic rings. The second kappa shape index (κ2) is 7.13. The first-order valence-electron chi connectivity index (χ1n) is 6.98. The van der Waals surface area contributed by atoms with Gasteiger partial charge in [-0.2, -0.15) is 0 Å². The Labute approximate surface area is 133 Å². The zero-order valence-corrected chi connectivity index (χ0v) is 14.1. The Morgan fingerprint density at radius 2 is 2.29 bits per heavy atom. The number of aromatic nitrogens is 2. The van der Waals surface area contributed by atoms with Crippen molar-refractivity contribution in [3.8, 4) is 0 Å². The summed E-state index contributed by atoms with van der Waals surface area (Å²) in [4.78, 5) is 16.6. The van der Waals surface area contributed by atoms with Crippen LogP contribution in [0.4, 0.5) is 0 Å². The van der Waals surface area contributed by atoms with Gasteiger partial charge in [0.2, 0.25) is 0 Å².